The van der Waals surface area contributed by atoms with Gasteiger partial charge < -0.3 is 14.4 Å². The van der Waals surface area contributed by atoms with Gasteiger partial charge in [0.25, 0.3) is 0 Å². The summed E-state index contributed by atoms with van der Waals surface area (Å²) in [4.78, 5) is 25.0. The summed E-state index contributed by atoms with van der Waals surface area (Å²) in [6, 6.07) is 8.93. The lowest BCUT2D eigenvalue weighted by Crippen LogP contribution is -2.22. The minimum absolute atomic E-state index is 0.0385. The Hall–Kier alpha value is -2.30. The lowest BCUT2D eigenvalue weighted by Gasteiger charge is -2.10. The highest BCUT2D eigenvalue weighted by Crippen LogP contribution is 2.09. The monoisotopic (exact) mass is 263 g/mol. The Kier molecular flexibility index (Phi) is 5.60. The Labute approximate surface area is 112 Å². The number of para-hydroxylation sites is 1. The number of ether oxygens (including phenoxy) is 2. The molecule has 0 atom stereocenters. The Bertz CT molecular complexity index is 466. The number of hydrogen-bond acceptors (Lipinski definition) is 5. The summed E-state index contributed by atoms with van der Waals surface area (Å²) in [6.45, 7) is -0.210. The standard InChI is InChI=1S/C14H17NO4/c1-15(2)9-12(14(17)18-3)13(16)10-19-11-7-5-4-6-8-11/h4-9H,10H2,1-3H3/b12-9-. The van der Waals surface area contributed by atoms with Gasteiger partial charge in [-0.25, -0.2) is 4.79 Å². The third kappa shape index (κ3) is 4.83. The van der Waals surface area contributed by atoms with Crippen molar-refractivity contribution < 1.29 is 19.1 Å². The van der Waals surface area contributed by atoms with E-state index in [9.17, 15) is 9.59 Å². The van der Waals surface area contributed by atoms with Gasteiger partial charge in [-0.1, -0.05) is 18.2 Å². The molecule has 0 saturated heterocycles. The highest BCUT2D eigenvalue weighted by molar-refractivity contribution is 6.17. The van der Waals surface area contributed by atoms with Crippen LogP contribution in [0.25, 0.3) is 0 Å². The maximum atomic E-state index is 11.9. The SMILES string of the molecule is COC(=O)/C(=C\N(C)C)C(=O)COc1ccccc1. The van der Waals surface area contributed by atoms with Gasteiger partial charge in [-0.05, 0) is 12.1 Å². The van der Waals surface area contributed by atoms with E-state index in [1.54, 1.807) is 43.3 Å². The topological polar surface area (TPSA) is 55.8 Å². The summed E-state index contributed by atoms with van der Waals surface area (Å²) in [5.41, 5.74) is -0.0385. The molecule has 0 spiro atoms. The molecule has 0 heterocycles. The van der Waals surface area contributed by atoms with Crippen LogP contribution in [-0.4, -0.2) is 44.5 Å². The molecule has 1 aromatic rings. The number of Topliss-reactive ketones (excluding diaryl/α,β-unsaturated/α-hetero) is 1. The van der Waals surface area contributed by atoms with E-state index in [1.165, 1.54) is 13.3 Å². The molecule has 0 fully saturated rings. The van der Waals surface area contributed by atoms with E-state index in [0.717, 1.165) is 0 Å². The number of esters is 1. The van der Waals surface area contributed by atoms with Gasteiger partial charge in [0.1, 0.15) is 11.3 Å². The van der Waals surface area contributed by atoms with Crippen molar-refractivity contribution in [3.05, 3.63) is 42.1 Å². The molecule has 5 nitrogen and oxygen atoms in total. The first-order valence-corrected chi connectivity index (χ1v) is 5.72. The number of hydrogen-bond donors (Lipinski definition) is 0. The number of methoxy groups -OCH3 is 1. The quantitative estimate of drug-likeness (QED) is 0.335. The van der Waals surface area contributed by atoms with Gasteiger partial charge in [-0.3, -0.25) is 4.79 Å². The number of benzene rings is 1. The summed E-state index contributed by atoms with van der Waals surface area (Å²) in [5, 5.41) is 0. The van der Waals surface area contributed by atoms with Crippen molar-refractivity contribution in [2.24, 2.45) is 0 Å². The van der Waals surface area contributed by atoms with Crippen LogP contribution in [0.4, 0.5) is 0 Å². The van der Waals surface area contributed by atoms with Crippen LogP contribution >= 0.6 is 0 Å². The third-order valence-electron chi connectivity index (χ3n) is 2.21. The molecule has 0 amide bonds. The first-order valence-electron chi connectivity index (χ1n) is 5.72. The fourth-order valence-electron chi connectivity index (χ4n) is 1.35. The molecule has 0 aromatic heterocycles. The minimum atomic E-state index is -0.671. The molecule has 0 bridgehead atoms. The van der Waals surface area contributed by atoms with Gasteiger partial charge in [0.05, 0.1) is 7.11 Å². The molecule has 0 N–H and O–H groups in total. The molecule has 0 aliphatic rings. The molecule has 102 valence electrons. The highest BCUT2D eigenvalue weighted by Gasteiger charge is 2.19. The molecule has 0 saturated carbocycles. The van der Waals surface area contributed by atoms with Crippen molar-refractivity contribution in [2.75, 3.05) is 27.8 Å². The highest BCUT2D eigenvalue weighted by atomic mass is 16.5. The van der Waals surface area contributed by atoms with E-state index in [-0.39, 0.29) is 12.2 Å². The fraction of sp³-hybridized carbons (Fsp3) is 0.286. The molecule has 0 unspecified atom stereocenters. The molecule has 0 radical (unpaired) electrons. The van der Waals surface area contributed by atoms with Crippen LogP contribution in [0.5, 0.6) is 5.75 Å². The largest absolute Gasteiger partial charge is 0.485 e. The number of nitrogens with zero attached hydrogens (tertiary/aromatic N) is 1. The van der Waals surface area contributed by atoms with E-state index < -0.39 is 11.8 Å². The average Bonchev–Trinajstić information content (AvgIpc) is 2.42. The van der Waals surface area contributed by atoms with Crippen LogP contribution in [-0.2, 0) is 14.3 Å². The molecule has 5 heteroatoms. The molecule has 19 heavy (non-hydrogen) atoms. The van der Waals surface area contributed by atoms with Crippen molar-refractivity contribution in [2.45, 2.75) is 0 Å². The number of rotatable bonds is 6. The zero-order valence-electron chi connectivity index (χ0n) is 11.3. The lowest BCUT2D eigenvalue weighted by molar-refractivity contribution is -0.138. The maximum Gasteiger partial charge on any atom is 0.343 e. The Morgan fingerprint density at radius 2 is 1.84 bits per heavy atom. The second-order valence-electron chi connectivity index (χ2n) is 4.02. The van der Waals surface area contributed by atoms with Crippen molar-refractivity contribution in [1.82, 2.24) is 4.90 Å². The summed E-state index contributed by atoms with van der Waals surface area (Å²) < 4.78 is 9.88. The third-order valence-corrected chi connectivity index (χ3v) is 2.21. The van der Waals surface area contributed by atoms with Crippen LogP contribution in [0.3, 0.4) is 0 Å². The van der Waals surface area contributed by atoms with E-state index in [0.29, 0.717) is 5.75 Å². The molecule has 1 rings (SSSR count). The molecular formula is C14H17NO4. The predicted octanol–water partition coefficient (Wildman–Crippen LogP) is 1.25. The van der Waals surface area contributed by atoms with Crippen LogP contribution < -0.4 is 4.74 Å². The molecule has 0 aliphatic heterocycles. The molecular weight excluding hydrogens is 246 g/mol. The van der Waals surface area contributed by atoms with Crippen LogP contribution in [0, 0.1) is 0 Å². The smallest absolute Gasteiger partial charge is 0.343 e. The maximum absolute atomic E-state index is 11.9. The number of carbonyl (C=O) groups is 2. The Morgan fingerprint density at radius 3 is 2.37 bits per heavy atom. The Morgan fingerprint density at radius 1 is 1.21 bits per heavy atom. The normalized spacial score (nSPS) is 10.8. The van der Waals surface area contributed by atoms with Gasteiger partial charge in [0, 0.05) is 20.3 Å². The number of carbonyl (C=O) groups excluding carboxylic acids is 2. The molecule has 1 aromatic carbocycles. The van der Waals surface area contributed by atoms with E-state index in [2.05, 4.69) is 4.74 Å². The summed E-state index contributed by atoms with van der Waals surface area (Å²) in [5.74, 6) is -0.523. The summed E-state index contributed by atoms with van der Waals surface area (Å²) in [6.07, 6.45) is 1.42. The van der Waals surface area contributed by atoms with Crippen molar-refractivity contribution in [3.63, 3.8) is 0 Å². The first kappa shape index (κ1) is 14.8. The van der Waals surface area contributed by atoms with E-state index in [4.69, 9.17) is 4.74 Å². The van der Waals surface area contributed by atoms with Gasteiger partial charge in [-0.15, -0.1) is 0 Å². The van der Waals surface area contributed by atoms with E-state index >= 15 is 0 Å². The van der Waals surface area contributed by atoms with Crippen molar-refractivity contribution >= 4 is 11.8 Å². The van der Waals surface area contributed by atoms with E-state index in [1.807, 2.05) is 6.07 Å². The summed E-state index contributed by atoms with van der Waals surface area (Å²) in [7, 11) is 4.67. The van der Waals surface area contributed by atoms with Crippen LogP contribution in [0.1, 0.15) is 0 Å². The number of ketones is 1. The fourth-order valence-corrected chi connectivity index (χ4v) is 1.35. The van der Waals surface area contributed by atoms with Crippen LogP contribution in [0.15, 0.2) is 42.1 Å². The van der Waals surface area contributed by atoms with Gasteiger partial charge in [0.2, 0.25) is 5.78 Å². The zero-order chi connectivity index (χ0) is 14.3. The Balaban J connectivity index is 2.71. The van der Waals surface area contributed by atoms with Gasteiger partial charge in [0.15, 0.2) is 6.61 Å². The van der Waals surface area contributed by atoms with Crippen LogP contribution in [0.2, 0.25) is 0 Å². The minimum Gasteiger partial charge on any atom is -0.485 e. The van der Waals surface area contributed by atoms with Gasteiger partial charge in [-0.2, -0.15) is 0 Å². The second-order valence-corrected chi connectivity index (χ2v) is 4.02. The average molecular weight is 263 g/mol. The van der Waals surface area contributed by atoms with Crippen molar-refractivity contribution in [1.29, 1.82) is 0 Å². The molecule has 0 aliphatic carbocycles. The summed E-state index contributed by atoms with van der Waals surface area (Å²) >= 11 is 0. The lowest BCUT2D eigenvalue weighted by atomic mass is 10.2. The second kappa shape index (κ2) is 7.20. The van der Waals surface area contributed by atoms with Crippen molar-refractivity contribution in [3.8, 4) is 5.75 Å². The zero-order valence-corrected chi connectivity index (χ0v) is 11.3. The van der Waals surface area contributed by atoms with Gasteiger partial charge >= 0.3 is 5.97 Å². The predicted molar refractivity (Wildman–Crippen MR) is 70.7 cm³/mol. The first-order chi connectivity index (χ1) is 9.04.